The second kappa shape index (κ2) is 9.12. The van der Waals surface area contributed by atoms with Crippen LogP contribution in [0.25, 0.3) is 0 Å². The van der Waals surface area contributed by atoms with Crippen LogP contribution < -0.4 is 5.73 Å². The van der Waals surface area contributed by atoms with Gasteiger partial charge < -0.3 is 10.5 Å². The van der Waals surface area contributed by atoms with Crippen molar-refractivity contribution in [2.24, 2.45) is 5.73 Å². The molecular weight excluding hydrogens is 222 g/mol. The lowest BCUT2D eigenvalue weighted by Crippen LogP contribution is -2.18. The first kappa shape index (κ1) is 15.2. The molecular formula is C16H27NO. The summed E-state index contributed by atoms with van der Waals surface area (Å²) in [6.07, 6.45) is 6.37. The monoisotopic (exact) mass is 249 g/mol. The Morgan fingerprint density at radius 3 is 2.56 bits per heavy atom. The molecule has 0 aliphatic carbocycles. The van der Waals surface area contributed by atoms with Crippen molar-refractivity contribution < 1.29 is 4.74 Å². The molecule has 102 valence electrons. The molecule has 18 heavy (non-hydrogen) atoms. The van der Waals surface area contributed by atoms with E-state index in [2.05, 4.69) is 26.0 Å². The number of hydrogen-bond donors (Lipinski definition) is 1. The third-order valence-electron chi connectivity index (χ3n) is 3.28. The van der Waals surface area contributed by atoms with Gasteiger partial charge >= 0.3 is 0 Å². The Kier molecular flexibility index (Phi) is 7.70. The Balaban J connectivity index is 2.14. The van der Waals surface area contributed by atoms with Gasteiger partial charge in [0.2, 0.25) is 0 Å². The van der Waals surface area contributed by atoms with Gasteiger partial charge in [-0.3, -0.25) is 0 Å². The maximum atomic E-state index is 6.13. The van der Waals surface area contributed by atoms with E-state index in [0.717, 1.165) is 13.0 Å². The predicted molar refractivity (Wildman–Crippen MR) is 77.7 cm³/mol. The molecule has 1 rings (SSSR count). The molecule has 0 amide bonds. The molecule has 2 nitrogen and oxygen atoms in total. The van der Waals surface area contributed by atoms with Crippen molar-refractivity contribution in [1.82, 2.24) is 0 Å². The first-order valence-electron chi connectivity index (χ1n) is 7.14. The first-order valence-corrected chi connectivity index (χ1v) is 7.14. The molecule has 1 atom stereocenters. The zero-order valence-corrected chi connectivity index (χ0v) is 11.8. The summed E-state index contributed by atoms with van der Waals surface area (Å²) in [6.45, 7) is 5.79. The predicted octanol–water partition coefficient (Wildman–Crippen LogP) is 3.98. The highest BCUT2D eigenvalue weighted by molar-refractivity contribution is 5.28. The van der Waals surface area contributed by atoms with Crippen LogP contribution in [0.5, 0.6) is 0 Å². The van der Waals surface area contributed by atoms with Crippen molar-refractivity contribution in [3.8, 4) is 0 Å². The van der Waals surface area contributed by atoms with E-state index in [4.69, 9.17) is 10.5 Å². The van der Waals surface area contributed by atoms with Gasteiger partial charge in [-0.25, -0.2) is 0 Å². The SMILES string of the molecule is CCCCCCCOCC(N)c1ccccc1C. The lowest BCUT2D eigenvalue weighted by atomic mass is 10.0. The number of hydrogen-bond acceptors (Lipinski definition) is 2. The minimum absolute atomic E-state index is 0.00171. The molecule has 2 N–H and O–H groups in total. The van der Waals surface area contributed by atoms with Gasteiger partial charge in [-0.1, -0.05) is 56.9 Å². The number of ether oxygens (including phenoxy) is 1. The second-order valence-electron chi connectivity index (χ2n) is 4.95. The van der Waals surface area contributed by atoms with Gasteiger partial charge in [-0.05, 0) is 24.5 Å². The standard InChI is InChI=1S/C16H27NO/c1-3-4-5-6-9-12-18-13-16(17)15-11-8-7-10-14(15)2/h7-8,10-11,16H,3-6,9,12-13,17H2,1-2H3. The smallest absolute Gasteiger partial charge is 0.0659 e. The maximum absolute atomic E-state index is 6.13. The van der Waals surface area contributed by atoms with Crippen LogP contribution in [-0.2, 0) is 4.74 Å². The molecule has 0 bridgehead atoms. The van der Waals surface area contributed by atoms with Crippen molar-refractivity contribution >= 4 is 0 Å². The van der Waals surface area contributed by atoms with Gasteiger partial charge in [0.15, 0.2) is 0 Å². The summed E-state index contributed by atoms with van der Waals surface area (Å²) in [5, 5.41) is 0. The van der Waals surface area contributed by atoms with E-state index in [1.807, 2.05) is 12.1 Å². The topological polar surface area (TPSA) is 35.2 Å². The lowest BCUT2D eigenvalue weighted by Gasteiger charge is -2.14. The Morgan fingerprint density at radius 1 is 1.11 bits per heavy atom. The number of rotatable bonds is 9. The molecule has 0 saturated heterocycles. The molecule has 1 aromatic carbocycles. The van der Waals surface area contributed by atoms with Crippen LogP contribution in [0.15, 0.2) is 24.3 Å². The summed E-state index contributed by atoms with van der Waals surface area (Å²) in [7, 11) is 0. The fourth-order valence-electron chi connectivity index (χ4n) is 2.11. The average Bonchev–Trinajstić information content (AvgIpc) is 2.38. The molecule has 0 aromatic heterocycles. The van der Waals surface area contributed by atoms with Gasteiger partial charge in [0.05, 0.1) is 12.6 Å². The molecule has 0 aliphatic heterocycles. The fraction of sp³-hybridized carbons (Fsp3) is 0.625. The Labute approximate surface area is 112 Å². The molecule has 2 heteroatoms. The molecule has 0 heterocycles. The van der Waals surface area contributed by atoms with Gasteiger partial charge in [0.1, 0.15) is 0 Å². The Morgan fingerprint density at radius 2 is 1.83 bits per heavy atom. The van der Waals surface area contributed by atoms with E-state index in [1.165, 1.54) is 36.8 Å². The summed E-state index contributed by atoms with van der Waals surface area (Å²) in [5.74, 6) is 0. The van der Waals surface area contributed by atoms with Crippen molar-refractivity contribution in [2.75, 3.05) is 13.2 Å². The molecule has 0 aliphatic rings. The third kappa shape index (κ3) is 5.65. The highest BCUT2D eigenvalue weighted by Crippen LogP contribution is 2.15. The zero-order chi connectivity index (χ0) is 13.2. The van der Waals surface area contributed by atoms with Crippen LogP contribution in [-0.4, -0.2) is 13.2 Å². The van der Waals surface area contributed by atoms with Gasteiger partial charge in [-0.2, -0.15) is 0 Å². The normalized spacial score (nSPS) is 12.6. The minimum Gasteiger partial charge on any atom is -0.379 e. The van der Waals surface area contributed by atoms with E-state index in [0.29, 0.717) is 6.61 Å². The van der Waals surface area contributed by atoms with Crippen LogP contribution in [0.4, 0.5) is 0 Å². The molecule has 0 radical (unpaired) electrons. The molecule has 0 saturated carbocycles. The van der Waals surface area contributed by atoms with E-state index in [9.17, 15) is 0 Å². The number of nitrogens with two attached hydrogens (primary N) is 1. The Bertz CT molecular complexity index is 325. The first-order chi connectivity index (χ1) is 8.75. The summed E-state index contributed by atoms with van der Waals surface area (Å²) in [6, 6.07) is 8.26. The zero-order valence-electron chi connectivity index (χ0n) is 11.8. The number of aryl methyl sites for hydroxylation is 1. The molecule has 1 unspecified atom stereocenters. The lowest BCUT2D eigenvalue weighted by molar-refractivity contribution is 0.117. The summed E-state index contributed by atoms with van der Waals surface area (Å²) < 4.78 is 5.66. The largest absolute Gasteiger partial charge is 0.379 e. The van der Waals surface area contributed by atoms with Crippen molar-refractivity contribution in [3.05, 3.63) is 35.4 Å². The van der Waals surface area contributed by atoms with Crippen LogP contribution in [0.1, 0.15) is 56.2 Å². The quantitative estimate of drug-likeness (QED) is 0.672. The van der Waals surface area contributed by atoms with Crippen molar-refractivity contribution in [1.29, 1.82) is 0 Å². The van der Waals surface area contributed by atoms with E-state index >= 15 is 0 Å². The highest BCUT2D eigenvalue weighted by Gasteiger charge is 2.07. The number of benzene rings is 1. The number of unbranched alkanes of at least 4 members (excludes halogenated alkanes) is 4. The molecule has 0 spiro atoms. The van der Waals surface area contributed by atoms with Gasteiger partial charge in [0, 0.05) is 6.61 Å². The van der Waals surface area contributed by atoms with E-state index < -0.39 is 0 Å². The molecule has 0 fully saturated rings. The van der Waals surface area contributed by atoms with E-state index in [1.54, 1.807) is 0 Å². The fourth-order valence-corrected chi connectivity index (χ4v) is 2.11. The van der Waals surface area contributed by atoms with Crippen molar-refractivity contribution in [2.45, 2.75) is 52.0 Å². The average molecular weight is 249 g/mol. The third-order valence-corrected chi connectivity index (χ3v) is 3.28. The van der Waals surface area contributed by atoms with Crippen LogP contribution in [0.3, 0.4) is 0 Å². The maximum Gasteiger partial charge on any atom is 0.0659 e. The highest BCUT2D eigenvalue weighted by atomic mass is 16.5. The summed E-state index contributed by atoms with van der Waals surface area (Å²) in [5.41, 5.74) is 8.58. The van der Waals surface area contributed by atoms with Gasteiger partial charge in [-0.15, -0.1) is 0 Å². The second-order valence-corrected chi connectivity index (χ2v) is 4.95. The van der Waals surface area contributed by atoms with E-state index in [-0.39, 0.29) is 6.04 Å². The van der Waals surface area contributed by atoms with Crippen LogP contribution >= 0.6 is 0 Å². The molecule has 1 aromatic rings. The van der Waals surface area contributed by atoms with Crippen LogP contribution in [0, 0.1) is 6.92 Å². The summed E-state index contributed by atoms with van der Waals surface area (Å²) in [4.78, 5) is 0. The van der Waals surface area contributed by atoms with Crippen LogP contribution in [0.2, 0.25) is 0 Å². The van der Waals surface area contributed by atoms with Gasteiger partial charge in [0.25, 0.3) is 0 Å². The van der Waals surface area contributed by atoms with Crippen molar-refractivity contribution in [3.63, 3.8) is 0 Å². The minimum atomic E-state index is 0.00171. The Hall–Kier alpha value is -0.860. The summed E-state index contributed by atoms with van der Waals surface area (Å²) >= 11 is 0.